The molecule has 1 saturated heterocycles. The molecule has 1 aromatic heterocycles. The molecule has 2 aliphatic rings. The molecule has 0 radical (unpaired) electrons. The van der Waals surface area contributed by atoms with Crippen LogP contribution in [0.3, 0.4) is 0 Å². The van der Waals surface area contributed by atoms with Gasteiger partial charge in [0.25, 0.3) is 8.53 Å². The van der Waals surface area contributed by atoms with Crippen molar-refractivity contribution in [1.29, 1.82) is 5.26 Å². The van der Waals surface area contributed by atoms with Gasteiger partial charge in [0.05, 0.1) is 51.1 Å². The number of hydrogen-bond acceptors (Lipinski definition) is 12. The summed E-state index contributed by atoms with van der Waals surface area (Å²) in [4.78, 5) is 12.7. The Bertz CT molecular complexity index is 1940. The number of methoxy groups -OCH3 is 2. The first-order chi connectivity index (χ1) is 27.5. The Kier molecular flexibility index (Phi) is 13.5. The summed E-state index contributed by atoms with van der Waals surface area (Å²) in [7, 11) is 1.75. The third kappa shape index (κ3) is 8.35. The third-order valence-electron chi connectivity index (χ3n) is 10.2. The molecule has 0 aliphatic carbocycles. The molecule has 3 aromatic carbocycles. The lowest BCUT2D eigenvalue weighted by Gasteiger charge is -2.41. The lowest BCUT2D eigenvalue weighted by Crippen LogP contribution is -2.44. The van der Waals surface area contributed by atoms with Crippen molar-refractivity contribution in [3.8, 4) is 29.3 Å². The molecule has 0 amide bonds. The molecule has 1 fully saturated rings. The Hall–Kier alpha value is -4.67. The fourth-order valence-electron chi connectivity index (χ4n) is 7.89. The monoisotopic (exact) mass is 801 g/mol. The van der Waals surface area contributed by atoms with Crippen molar-refractivity contribution in [2.75, 3.05) is 27.4 Å². The lowest BCUT2D eigenvalue weighted by molar-refractivity contribution is -0.162. The Morgan fingerprint density at radius 3 is 1.82 bits per heavy atom. The van der Waals surface area contributed by atoms with Crippen molar-refractivity contribution >= 4 is 14.5 Å². The number of fused-ring (bicyclic) bond motifs is 5. The zero-order valence-electron chi connectivity index (χ0n) is 33.5. The third-order valence-corrected chi connectivity index (χ3v) is 12.4. The van der Waals surface area contributed by atoms with Crippen LogP contribution in [0.15, 0.2) is 78.9 Å². The Labute approximate surface area is 335 Å². The second-order valence-corrected chi connectivity index (χ2v) is 16.0. The molecule has 2 N–H and O–H groups in total. The van der Waals surface area contributed by atoms with E-state index in [0.717, 1.165) is 16.7 Å². The van der Waals surface area contributed by atoms with E-state index in [4.69, 9.17) is 38.0 Å². The van der Waals surface area contributed by atoms with Gasteiger partial charge in [-0.25, -0.2) is 4.67 Å². The van der Waals surface area contributed by atoms with E-state index in [-0.39, 0.29) is 50.0 Å². The molecule has 0 saturated carbocycles. The molecular weight excluding hydrogens is 749 g/mol. The van der Waals surface area contributed by atoms with Crippen LogP contribution in [0.2, 0.25) is 0 Å². The summed E-state index contributed by atoms with van der Waals surface area (Å²) >= 11 is 0. The number of aromatic hydroxyl groups is 2. The topological polar surface area (TPSA) is 154 Å². The number of esters is 1. The van der Waals surface area contributed by atoms with Gasteiger partial charge in [-0.05, 0) is 75.1 Å². The van der Waals surface area contributed by atoms with Gasteiger partial charge in [-0.15, -0.1) is 0 Å². The number of rotatable bonds is 19. The number of hydrogen-bond donors (Lipinski definition) is 2. The first-order valence-electron chi connectivity index (χ1n) is 19.2. The highest BCUT2D eigenvalue weighted by molar-refractivity contribution is 7.44. The number of nitriles is 1. The first kappa shape index (κ1) is 41.9. The molecule has 5 unspecified atom stereocenters. The van der Waals surface area contributed by atoms with Gasteiger partial charge < -0.3 is 42.9 Å². The van der Waals surface area contributed by atoms with Gasteiger partial charge in [-0.2, -0.15) is 5.26 Å². The molecular formula is C43H52N3O10P. The maximum Gasteiger partial charge on any atom is 0.303 e. The number of benzene rings is 3. The van der Waals surface area contributed by atoms with Gasteiger partial charge in [-0.1, -0.05) is 54.6 Å². The van der Waals surface area contributed by atoms with Crippen molar-refractivity contribution in [1.82, 2.24) is 9.24 Å². The number of nitrogens with zero attached hydrogens (tertiary/aromatic N) is 3. The molecule has 6 rings (SSSR count). The second kappa shape index (κ2) is 18.3. The van der Waals surface area contributed by atoms with Crippen molar-refractivity contribution < 1.29 is 47.7 Å². The van der Waals surface area contributed by atoms with Gasteiger partial charge in [0, 0.05) is 25.6 Å². The van der Waals surface area contributed by atoms with E-state index in [9.17, 15) is 15.0 Å². The Morgan fingerprint density at radius 1 is 0.825 bits per heavy atom. The summed E-state index contributed by atoms with van der Waals surface area (Å²) < 4.78 is 46.7. The predicted octanol–water partition coefficient (Wildman–Crippen LogP) is 8.03. The lowest BCUT2D eigenvalue weighted by atomic mass is 9.79. The van der Waals surface area contributed by atoms with Crippen molar-refractivity contribution in [2.45, 2.75) is 96.1 Å². The van der Waals surface area contributed by atoms with Gasteiger partial charge >= 0.3 is 5.97 Å². The number of aromatic nitrogens is 1. The second-order valence-electron chi connectivity index (χ2n) is 14.5. The zero-order chi connectivity index (χ0) is 40.9. The number of carbonyl (C=O) groups excluding carboxylic acids is 1. The van der Waals surface area contributed by atoms with E-state index < -0.39 is 44.5 Å². The van der Waals surface area contributed by atoms with Crippen LogP contribution in [0.25, 0.3) is 0 Å². The average Bonchev–Trinajstić information content (AvgIpc) is 3.83. The quantitative estimate of drug-likeness (QED) is 0.0408. The van der Waals surface area contributed by atoms with Crippen LogP contribution < -0.4 is 9.47 Å². The Morgan fingerprint density at radius 2 is 1.33 bits per heavy atom. The standard InChI is InChI=1S/C43H52N3O10P/c1-27(2)46(28(3)4)57(52-25-11-23-44)53-26-12-24-45-41(48)35-36(42(45)49)38-40(39(37(35)55-38)54-29(5)47)56-43(30-13-9-8-10-14-30,31-15-19-33(50-6)20-16-31)32-17-21-34(51-7)22-18-32/h8-10,13-22,27-28,37-40,48-49H,11-12,24-26H2,1-7H3. The van der Waals surface area contributed by atoms with Crippen molar-refractivity contribution in [2.24, 2.45) is 0 Å². The predicted molar refractivity (Wildman–Crippen MR) is 213 cm³/mol. The van der Waals surface area contributed by atoms with Crippen molar-refractivity contribution in [3.63, 3.8) is 0 Å². The molecule has 57 heavy (non-hydrogen) atoms. The molecule has 0 spiro atoms. The SMILES string of the molecule is COc1ccc(C(OC2C3OC(c4c3c(O)n(CCCOP(OCCC#N)N(C(C)C)C(C)C)c4O)C2OC(C)=O)(c2ccccc2)c2ccc(OC)cc2)cc1. The van der Waals surface area contributed by atoms with E-state index in [0.29, 0.717) is 29.0 Å². The van der Waals surface area contributed by atoms with Crippen LogP contribution in [-0.2, 0) is 40.2 Å². The van der Waals surface area contributed by atoms with Crippen LogP contribution in [0, 0.1) is 11.3 Å². The van der Waals surface area contributed by atoms with E-state index in [1.54, 1.807) is 14.2 Å². The van der Waals surface area contributed by atoms with Gasteiger partial charge in [-0.3, -0.25) is 9.36 Å². The van der Waals surface area contributed by atoms with Crippen molar-refractivity contribution in [3.05, 3.63) is 107 Å². The maximum absolute atomic E-state index is 12.7. The van der Waals surface area contributed by atoms with Gasteiger partial charge in [0.2, 0.25) is 0 Å². The summed E-state index contributed by atoms with van der Waals surface area (Å²) in [6.07, 6.45) is -3.07. The fourth-order valence-corrected chi connectivity index (χ4v) is 9.52. The number of ether oxygens (including phenoxy) is 5. The highest BCUT2D eigenvalue weighted by atomic mass is 31.2. The highest BCUT2D eigenvalue weighted by Crippen LogP contribution is 2.61. The summed E-state index contributed by atoms with van der Waals surface area (Å²) in [5.41, 5.74) is 1.77. The number of carbonyl (C=O) groups is 1. The highest BCUT2D eigenvalue weighted by Gasteiger charge is 2.61. The normalized spacial score (nSPS) is 19.2. The largest absolute Gasteiger partial charge is 0.497 e. The van der Waals surface area contributed by atoms with Crippen LogP contribution >= 0.6 is 8.53 Å². The van der Waals surface area contributed by atoms with Crippen LogP contribution in [-0.4, -0.2) is 77.1 Å². The molecule has 2 aliphatic heterocycles. The smallest absolute Gasteiger partial charge is 0.303 e. The molecule has 3 heterocycles. The van der Waals surface area contributed by atoms with Crippen LogP contribution in [0.4, 0.5) is 0 Å². The zero-order valence-corrected chi connectivity index (χ0v) is 34.3. The minimum atomic E-state index is -1.46. The minimum absolute atomic E-state index is 0.143. The summed E-state index contributed by atoms with van der Waals surface area (Å²) in [5, 5.41) is 32.5. The minimum Gasteiger partial charge on any atom is -0.497 e. The summed E-state index contributed by atoms with van der Waals surface area (Å²) in [6, 6.07) is 27.3. The Balaban J connectivity index is 1.36. The van der Waals surface area contributed by atoms with E-state index in [2.05, 4.69) is 38.4 Å². The van der Waals surface area contributed by atoms with E-state index in [1.807, 2.05) is 78.9 Å². The summed E-state index contributed by atoms with van der Waals surface area (Å²) in [5.74, 6) is 0.435. The van der Waals surface area contributed by atoms with Crippen LogP contribution in [0.1, 0.15) is 87.5 Å². The van der Waals surface area contributed by atoms with Gasteiger partial charge in [0.15, 0.2) is 17.9 Å². The first-order valence-corrected chi connectivity index (χ1v) is 20.3. The molecule has 13 nitrogen and oxygen atoms in total. The molecule has 5 atom stereocenters. The van der Waals surface area contributed by atoms with Gasteiger partial charge in [0.1, 0.15) is 35.4 Å². The fraction of sp³-hybridized carbons (Fsp3) is 0.442. The summed E-state index contributed by atoms with van der Waals surface area (Å²) in [6.45, 7) is 10.3. The van der Waals surface area contributed by atoms with Crippen LogP contribution in [0.5, 0.6) is 23.3 Å². The van der Waals surface area contributed by atoms with E-state index >= 15 is 0 Å². The molecule has 2 bridgehead atoms. The maximum atomic E-state index is 12.7. The molecule has 4 aromatic rings. The van der Waals surface area contributed by atoms with E-state index in [1.165, 1.54) is 11.5 Å². The molecule has 304 valence electrons. The molecule has 14 heteroatoms. The average molecular weight is 802 g/mol.